The van der Waals surface area contributed by atoms with Gasteiger partial charge in [-0.1, -0.05) is 13.0 Å². The Morgan fingerprint density at radius 1 is 1.26 bits per heavy atom. The van der Waals surface area contributed by atoms with Crippen molar-refractivity contribution in [1.29, 1.82) is 0 Å². The first-order valence-electron chi connectivity index (χ1n) is 9.56. The lowest BCUT2D eigenvalue weighted by atomic mass is 9.93. The summed E-state index contributed by atoms with van der Waals surface area (Å²) in [5.74, 6) is 3.23. The first-order chi connectivity index (χ1) is 12.5. The second kappa shape index (κ2) is 9.82. The predicted molar refractivity (Wildman–Crippen MR) is 120 cm³/mol. The number of likely N-dealkylation sites (tertiary alicyclic amines) is 1. The summed E-state index contributed by atoms with van der Waals surface area (Å²) in [6.45, 7) is 11.2. The van der Waals surface area contributed by atoms with Crippen LogP contribution in [0.1, 0.15) is 39.2 Å². The summed E-state index contributed by atoms with van der Waals surface area (Å²) < 4.78 is 10.8. The van der Waals surface area contributed by atoms with Gasteiger partial charge in [-0.3, -0.25) is 9.89 Å². The molecule has 1 unspecified atom stereocenters. The summed E-state index contributed by atoms with van der Waals surface area (Å²) in [7, 11) is 1.81. The average molecular weight is 488 g/mol. The highest BCUT2D eigenvalue weighted by Crippen LogP contribution is 2.32. The molecule has 2 heterocycles. The van der Waals surface area contributed by atoms with Crippen LogP contribution in [0.15, 0.2) is 23.2 Å². The van der Waals surface area contributed by atoms with Crippen molar-refractivity contribution in [2.75, 3.05) is 33.5 Å². The Bertz CT molecular complexity index is 651. The lowest BCUT2D eigenvalue weighted by Gasteiger charge is -2.43. The summed E-state index contributed by atoms with van der Waals surface area (Å²) >= 11 is 0. The van der Waals surface area contributed by atoms with Crippen LogP contribution < -0.4 is 20.1 Å². The van der Waals surface area contributed by atoms with E-state index in [1.807, 2.05) is 25.2 Å². The maximum atomic E-state index is 5.44. The van der Waals surface area contributed by atoms with Gasteiger partial charge in [0.15, 0.2) is 17.5 Å². The van der Waals surface area contributed by atoms with E-state index in [-0.39, 0.29) is 29.5 Å². The molecular formula is C20H33IN4O2. The zero-order valence-electron chi connectivity index (χ0n) is 16.9. The molecule has 0 amide bonds. The summed E-state index contributed by atoms with van der Waals surface area (Å²) in [4.78, 5) is 6.96. The van der Waals surface area contributed by atoms with Gasteiger partial charge in [0, 0.05) is 32.2 Å². The first kappa shape index (κ1) is 22.1. The van der Waals surface area contributed by atoms with Gasteiger partial charge in [0.05, 0.1) is 0 Å². The molecule has 1 fully saturated rings. The number of aliphatic imine (C=N–C) groups is 1. The van der Waals surface area contributed by atoms with Crippen LogP contribution in [0.25, 0.3) is 0 Å². The van der Waals surface area contributed by atoms with E-state index in [9.17, 15) is 0 Å². The number of benzene rings is 1. The molecule has 1 aromatic carbocycles. The number of hydrogen-bond donors (Lipinski definition) is 2. The Morgan fingerprint density at radius 3 is 2.78 bits per heavy atom. The van der Waals surface area contributed by atoms with Gasteiger partial charge in [-0.05, 0) is 56.8 Å². The molecule has 1 saturated heterocycles. The highest BCUT2D eigenvalue weighted by molar-refractivity contribution is 14.0. The van der Waals surface area contributed by atoms with Gasteiger partial charge in [0.2, 0.25) is 6.79 Å². The molecule has 6 nitrogen and oxygen atoms in total. The smallest absolute Gasteiger partial charge is 0.231 e. The van der Waals surface area contributed by atoms with E-state index < -0.39 is 0 Å². The SMILES string of the molecule is CN=C(NCc1ccc2c(c1)OCO2)NCC(C)(C)N1CCCC(C)C1.I. The highest BCUT2D eigenvalue weighted by Gasteiger charge is 2.30. The van der Waals surface area contributed by atoms with Crippen LogP contribution in [0.2, 0.25) is 0 Å². The van der Waals surface area contributed by atoms with Crippen molar-refractivity contribution in [1.82, 2.24) is 15.5 Å². The zero-order valence-corrected chi connectivity index (χ0v) is 19.2. The van der Waals surface area contributed by atoms with Crippen molar-refractivity contribution >= 4 is 29.9 Å². The Morgan fingerprint density at radius 2 is 2.04 bits per heavy atom. The van der Waals surface area contributed by atoms with Crippen molar-refractivity contribution in [3.63, 3.8) is 0 Å². The predicted octanol–water partition coefficient (Wildman–Crippen LogP) is 3.21. The fraction of sp³-hybridized carbons (Fsp3) is 0.650. The molecule has 2 aliphatic heterocycles. The van der Waals surface area contributed by atoms with E-state index in [0.29, 0.717) is 13.3 Å². The van der Waals surface area contributed by atoms with Crippen LogP contribution >= 0.6 is 24.0 Å². The Balaban J connectivity index is 0.00000261. The van der Waals surface area contributed by atoms with Crippen molar-refractivity contribution in [3.05, 3.63) is 23.8 Å². The van der Waals surface area contributed by atoms with E-state index in [2.05, 4.69) is 41.3 Å². The second-order valence-electron chi connectivity index (χ2n) is 7.97. The Kier molecular flexibility index (Phi) is 8.03. The van der Waals surface area contributed by atoms with Gasteiger partial charge < -0.3 is 20.1 Å². The number of ether oxygens (including phenoxy) is 2. The minimum atomic E-state index is 0. The largest absolute Gasteiger partial charge is 0.454 e. The van der Waals surface area contributed by atoms with Crippen molar-refractivity contribution in [2.24, 2.45) is 10.9 Å². The number of rotatable bonds is 5. The topological polar surface area (TPSA) is 58.1 Å². The van der Waals surface area contributed by atoms with Crippen LogP contribution in [-0.2, 0) is 6.54 Å². The van der Waals surface area contributed by atoms with Crippen LogP contribution in [0.3, 0.4) is 0 Å². The third kappa shape index (κ3) is 5.88. The second-order valence-corrected chi connectivity index (χ2v) is 7.97. The molecule has 0 radical (unpaired) electrons. The molecule has 0 saturated carbocycles. The third-order valence-corrected chi connectivity index (χ3v) is 5.32. The normalized spacial score (nSPS) is 20.1. The molecule has 0 aliphatic carbocycles. The van der Waals surface area contributed by atoms with Gasteiger partial charge in [0.1, 0.15) is 0 Å². The number of nitrogens with zero attached hydrogens (tertiary/aromatic N) is 2. The minimum absolute atomic E-state index is 0. The number of piperidine rings is 1. The molecule has 7 heteroatoms. The van der Waals surface area contributed by atoms with Crippen molar-refractivity contribution in [2.45, 2.75) is 45.7 Å². The summed E-state index contributed by atoms with van der Waals surface area (Å²) in [6.07, 6.45) is 2.64. The average Bonchev–Trinajstić information content (AvgIpc) is 3.09. The molecule has 0 aromatic heterocycles. The zero-order chi connectivity index (χ0) is 18.6. The Hall–Kier alpha value is -1.22. The van der Waals surface area contributed by atoms with Crippen LogP contribution in [0.5, 0.6) is 11.5 Å². The van der Waals surface area contributed by atoms with Gasteiger partial charge in [-0.15, -0.1) is 24.0 Å². The van der Waals surface area contributed by atoms with Crippen LogP contribution in [-0.4, -0.2) is 49.9 Å². The van der Waals surface area contributed by atoms with Gasteiger partial charge >= 0.3 is 0 Å². The summed E-state index contributed by atoms with van der Waals surface area (Å²) in [5.41, 5.74) is 1.24. The maximum absolute atomic E-state index is 5.44. The summed E-state index contributed by atoms with van der Waals surface area (Å²) in [6, 6.07) is 6.02. The van der Waals surface area contributed by atoms with Gasteiger partial charge in [-0.2, -0.15) is 0 Å². The lowest BCUT2D eigenvalue weighted by Crippen LogP contribution is -2.55. The lowest BCUT2D eigenvalue weighted by molar-refractivity contribution is 0.0739. The highest BCUT2D eigenvalue weighted by atomic mass is 127. The molecule has 2 aliphatic rings. The standard InChI is InChI=1S/C20H32N4O2.HI/c1-15-6-5-9-24(12-15)20(2,3)13-23-19(21-4)22-11-16-7-8-17-18(10-16)26-14-25-17;/h7-8,10,15H,5-6,9,11-14H2,1-4H3,(H2,21,22,23);1H. The molecule has 152 valence electrons. The molecule has 0 bridgehead atoms. The quantitative estimate of drug-likeness (QED) is 0.379. The first-order valence-corrected chi connectivity index (χ1v) is 9.56. The fourth-order valence-corrected chi connectivity index (χ4v) is 3.61. The number of halogens is 1. The van der Waals surface area contributed by atoms with Crippen molar-refractivity contribution < 1.29 is 9.47 Å². The van der Waals surface area contributed by atoms with Gasteiger partial charge in [0.25, 0.3) is 0 Å². The minimum Gasteiger partial charge on any atom is -0.454 e. The number of guanidine groups is 1. The van der Waals surface area contributed by atoms with E-state index >= 15 is 0 Å². The molecule has 2 N–H and O–H groups in total. The maximum Gasteiger partial charge on any atom is 0.231 e. The number of nitrogens with one attached hydrogen (secondary N) is 2. The molecule has 27 heavy (non-hydrogen) atoms. The molecular weight excluding hydrogens is 455 g/mol. The fourth-order valence-electron chi connectivity index (χ4n) is 3.61. The van der Waals surface area contributed by atoms with Gasteiger partial charge in [-0.25, -0.2) is 0 Å². The molecule has 1 atom stereocenters. The van der Waals surface area contributed by atoms with E-state index in [0.717, 1.165) is 35.5 Å². The van der Waals surface area contributed by atoms with E-state index in [4.69, 9.17) is 9.47 Å². The number of hydrogen-bond acceptors (Lipinski definition) is 4. The van der Waals surface area contributed by atoms with E-state index in [1.54, 1.807) is 0 Å². The van der Waals surface area contributed by atoms with Crippen LogP contribution in [0, 0.1) is 5.92 Å². The Labute approximate surface area is 180 Å². The number of fused-ring (bicyclic) bond motifs is 1. The van der Waals surface area contributed by atoms with Crippen molar-refractivity contribution in [3.8, 4) is 11.5 Å². The third-order valence-electron chi connectivity index (χ3n) is 5.32. The molecule has 0 spiro atoms. The molecule has 3 rings (SSSR count). The van der Waals surface area contributed by atoms with Crippen LogP contribution in [0.4, 0.5) is 0 Å². The monoisotopic (exact) mass is 488 g/mol. The van der Waals surface area contributed by atoms with E-state index in [1.165, 1.54) is 25.9 Å². The summed E-state index contributed by atoms with van der Waals surface area (Å²) in [5, 5.41) is 6.87. The molecule has 1 aromatic rings.